The van der Waals surface area contributed by atoms with Crippen molar-refractivity contribution >= 4 is 35.1 Å². The van der Waals surface area contributed by atoms with Crippen LogP contribution in [0.4, 0.5) is 47.3 Å². The van der Waals surface area contributed by atoms with E-state index in [4.69, 9.17) is 9.47 Å². The molecule has 2 aliphatic rings. The van der Waals surface area contributed by atoms with E-state index < -0.39 is 36.5 Å². The van der Waals surface area contributed by atoms with Crippen molar-refractivity contribution in [2.75, 3.05) is 69.0 Å². The van der Waals surface area contributed by atoms with Crippen molar-refractivity contribution in [3.05, 3.63) is 143 Å². The zero-order valence-electron chi connectivity index (χ0n) is 34.9. The maximum Gasteiger partial charge on any atom is 0.470 e. The standard InChI is InChI=1S/C23H24F3N3O4.C22H21F3N4O3/c24-23(25,26)20(30)15-27-21(31)14-17-6-8-18(9-7-17)16-29(19-4-2-1-3-5-19)22(32)28-10-12-33-13-11-28;23-22(24,25)20-27-26-19(32-20)14-16-6-8-17(9-7-16)15-29(18-4-2-1-3-5-18)21(30)28-10-12-31-13-11-28/h1-9H,10-16H2,(H,27,31);1-9H,10-15H2. The number of hydrogen-bond acceptors (Lipinski definition) is 9. The highest BCUT2D eigenvalue weighted by molar-refractivity contribution is 5.93. The van der Waals surface area contributed by atoms with Gasteiger partial charge in [-0.05, 0) is 46.5 Å². The number of ketones is 1. The number of carbonyl (C=O) groups excluding carboxylic acids is 4. The van der Waals surface area contributed by atoms with Crippen molar-refractivity contribution in [2.24, 2.45) is 0 Å². The van der Waals surface area contributed by atoms with E-state index in [1.165, 1.54) is 0 Å². The molecule has 0 atom stereocenters. The number of amides is 5. The average molecular weight is 910 g/mol. The van der Waals surface area contributed by atoms with Gasteiger partial charge in [0.1, 0.15) is 0 Å². The van der Waals surface area contributed by atoms with Gasteiger partial charge in [0.25, 0.3) is 5.78 Å². The topological polar surface area (TPSA) is 151 Å². The summed E-state index contributed by atoms with van der Waals surface area (Å²) in [6, 6.07) is 32.5. The second kappa shape index (κ2) is 22.2. The van der Waals surface area contributed by atoms with Gasteiger partial charge in [0, 0.05) is 37.6 Å². The second-order valence-electron chi connectivity index (χ2n) is 14.8. The van der Waals surface area contributed by atoms with Crippen LogP contribution < -0.4 is 15.1 Å². The van der Waals surface area contributed by atoms with Crippen LogP contribution in [0.5, 0.6) is 0 Å². The van der Waals surface area contributed by atoms with Crippen molar-refractivity contribution in [2.45, 2.75) is 38.3 Å². The number of rotatable bonds is 12. The Hall–Kier alpha value is -6.80. The molecule has 344 valence electrons. The molecule has 0 saturated carbocycles. The number of morpholine rings is 2. The molecule has 0 aliphatic carbocycles. The molecule has 5 amide bonds. The third kappa shape index (κ3) is 14.1. The summed E-state index contributed by atoms with van der Waals surface area (Å²) in [6.45, 7) is 3.63. The number of carbonyl (C=O) groups is 4. The normalized spacial score (nSPS) is 14.2. The molecular weight excluding hydrogens is 865 g/mol. The molecular formula is C45H45F6N7O7. The number of anilines is 2. The molecule has 3 heterocycles. The van der Waals surface area contributed by atoms with Gasteiger partial charge in [0.15, 0.2) is 0 Å². The first-order valence-electron chi connectivity index (χ1n) is 20.4. The number of aromatic nitrogens is 2. The maximum atomic E-state index is 13.2. The van der Waals surface area contributed by atoms with Crippen molar-refractivity contribution in [3.8, 4) is 0 Å². The summed E-state index contributed by atoms with van der Waals surface area (Å²) in [6.07, 6.45) is -9.72. The van der Waals surface area contributed by atoms with Crippen LogP contribution in [-0.2, 0) is 51.2 Å². The van der Waals surface area contributed by atoms with Gasteiger partial charge in [-0.3, -0.25) is 19.4 Å². The zero-order valence-corrected chi connectivity index (χ0v) is 34.9. The minimum atomic E-state index is -4.97. The Kier molecular flexibility index (Phi) is 16.3. The summed E-state index contributed by atoms with van der Waals surface area (Å²) < 4.78 is 89.9. The lowest BCUT2D eigenvalue weighted by Gasteiger charge is -2.33. The lowest BCUT2D eigenvalue weighted by atomic mass is 10.1. The number of alkyl halides is 6. The minimum Gasteiger partial charge on any atom is -0.417 e. The van der Waals surface area contributed by atoms with Gasteiger partial charge in [0.2, 0.25) is 11.8 Å². The highest BCUT2D eigenvalue weighted by atomic mass is 19.4. The molecule has 2 fully saturated rings. The first-order chi connectivity index (χ1) is 31.1. The summed E-state index contributed by atoms with van der Waals surface area (Å²) in [7, 11) is 0. The summed E-state index contributed by atoms with van der Waals surface area (Å²) in [5.41, 5.74) is 4.50. The number of nitrogens with zero attached hydrogens (tertiary/aromatic N) is 6. The Balaban J connectivity index is 0.000000215. The predicted molar refractivity (Wildman–Crippen MR) is 224 cm³/mol. The molecule has 1 N–H and O–H groups in total. The van der Waals surface area contributed by atoms with E-state index in [1.54, 1.807) is 56.0 Å². The quantitative estimate of drug-likeness (QED) is 0.130. The molecule has 5 aromatic rings. The maximum absolute atomic E-state index is 13.2. The largest absolute Gasteiger partial charge is 0.470 e. The highest BCUT2D eigenvalue weighted by Gasteiger charge is 2.39. The third-order valence-electron chi connectivity index (χ3n) is 10.1. The molecule has 20 heteroatoms. The molecule has 0 radical (unpaired) electrons. The predicted octanol–water partition coefficient (Wildman–Crippen LogP) is 7.07. The number of nitrogens with one attached hydrogen (secondary N) is 1. The zero-order chi connectivity index (χ0) is 46.4. The van der Waals surface area contributed by atoms with Crippen LogP contribution in [0.1, 0.15) is 34.0 Å². The Morgan fingerprint density at radius 1 is 0.585 bits per heavy atom. The SMILES string of the molecule is O=C(Cc1ccc(CN(C(=O)N2CCOCC2)c2ccccc2)cc1)NCC(=O)C(F)(F)F.O=C(N1CCOCC1)N(Cc1ccc(Cc2nnc(C(F)(F)F)o2)cc1)c1ccccc1. The second-order valence-corrected chi connectivity index (χ2v) is 14.8. The third-order valence-corrected chi connectivity index (χ3v) is 10.1. The van der Waals surface area contributed by atoms with Crippen LogP contribution in [0.15, 0.2) is 114 Å². The lowest BCUT2D eigenvalue weighted by molar-refractivity contribution is -0.170. The van der Waals surface area contributed by atoms with Crippen LogP contribution in [0.3, 0.4) is 0 Å². The number of para-hydroxylation sites is 2. The fourth-order valence-electron chi connectivity index (χ4n) is 6.64. The van der Waals surface area contributed by atoms with Crippen LogP contribution in [0.2, 0.25) is 0 Å². The number of urea groups is 2. The van der Waals surface area contributed by atoms with Gasteiger partial charge in [-0.15, -0.1) is 10.2 Å². The van der Waals surface area contributed by atoms with Crippen LogP contribution in [0.25, 0.3) is 0 Å². The molecule has 0 unspecified atom stereocenters. The van der Waals surface area contributed by atoms with Gasteiger partial charge in [-0.1, -0.05) is 84.9 Å². The van der Waals surface area contributed by atoms with Crippen molar-refractivity contribution < 1.29 is 59.4 Å². The average Bonchev–Trinajstić information content (AvgIpc) is 3.80. The van der Waals surface area contributed by atoms with Gasteiger partial charge in [0.05, 0.1) is 58.9 Å². The molecule has 7 rings (SSSR count). The van der Waals surface area contributed by atoms with E-state index in [1.807, 2.05) is 78.1 Å². The van der Waals surface area contributed by atoms with Crippen LogP contribution in [0, 0.1) is 0 Å². The van der Waals surface area contributed by atoms with E-state index >= 15 is 0 Å². The Morgan fingerprint density at radius 2 is 1.02 bits per heavy atom. The van der Waals surface area contributed by atoms with E-state index in [-0.39, 0.29) is 30.8 Å². The fraction of sp³-hybridized carbons (Fsp3) is 0.333. The Labute approximate surface area is 369 Å². The fourth-order valence-corrected chi connectivity index (χ4v) is 6.64. The van der Waals surface area contributed by atoms with Gasteiger partial charge in [-0.25, -0.2) is 9.59 Å². The number of benzene rings is 4. The molecule has 0 bridgehead atoms. The van der Waals surface area contributed by atoms with E-state index in [9.17, 15) is 45.5 Å². The molecule has 14 nitrogen and oxygen atoms in total. The highest BCUT2D eigenvalue weighted by Crippen LogP contribution is 2.28. The first kappa shape index (κ1) is 47.7. The van der Waals surface area contributed by atoms with Crippen molar-refractivity contribution in [1.29, 1.82) is 0 Å². The smallest absolute Gasteiger partial charge is 0.417 e. The molecule has 1 aromatic heterocycles. The number of ether oxygens (including phenoxy) is 2. The lowest BCUT2D eigenvalue weighted by Crippen LogP contribution is -2.48. The van der Waals surface area contributed by atoms with Crippen LogP contribution in [-0.4, -0.2) is 109 Å². The van der Waals surface area contributed by atoms with Gasteiger partial charge < -0.3 is 29.0 Å². The van der Waals surface area contributed by atoms with Crippen LogP contribution >= 0.6 is 0 Å². The number of halogens is 6. The van der Waals surface area contributed by atoms with Gasteiger partial charge in [-0.2, -0.15) is 26.3 Å². The summed E-state index contributed by atoms with van der Waals surface area (Å²) in [5, 5.41) is 8.48. The molecule has 0 spiro atoms. The Morgan fingerprint density at radius 3 is 1.43 bits per heavy atom. The van der Waals surface area contributed by atoms with Crippen molar-refractivity contribution in [1.82, 2.24) is 25.3 Å². The number of Topliss-reactive ketones (excluding diaryl/α,β-unsaturated/α-hetero) is 1. The number of hydrogen-bond donors (Lipinski definition) is 1. The Bertz CT molecular complexity index is 2320. The van der Waals surface area contributed by atoms with E-state index in [0.29, 0.717) is 71.3 Å². The first-order valence-corrected chi connectivity index (χ1v) is 20.4. The van der Waals surface area contributed by atoms with E-state index in [2.05, 4.69) is 14.6 Å². The molecule has 4 aromatic carbocycles. The summed E-state index contributed by atoms with van der Waals surface area (Å²) >= 11 is 0. The summed E-state index contributed by atoms with van der Waals surface area (Å²) in [4.78, 5) is 55.9. The molecule has 65 heavy (non-hydrogen) atoms. The van der Waals surface area contributed by atoms with Gasteiger partial charge >= 0.3 is 30.3 Å². The molecule has 2 aliphatic heterocycles. The summed E-state index contributed by atoms with van der Waals surface area (Å²) in [5.74, 6) is -4.16. The monoisotopic (exact) mass is 909 g/mol. The molecule has 2 saturated heterocycles. The minimum absolute atomic E-state index is 0.0818. The van der Waals surface area contributed by atoms with Crippen molar-refractivity contribution in [3.63, 3.8) is 0 Å². The van der Waals surface area contributed by atoms with E-state index in [0.717, 1.165) is 28.1 Å².